The van der Waals surface area contributed by atoms with Crippen molar-refractivity contribution < 1.29 is 14.3 Å². The Kier molecular flexibility index (Phi) is 5.73. The molecule has 0 amide bonds. The Hall–Kier alpha value is -0.650. The van der Waals surface area contributed by atoms with Gasteiger partial charge in [-0.25, -0.2) is 4.79 Å². The molecule has 88 valence electrons. The fraction of sp³-hybridized carbons (Fsp3) is 0.364. The zero-order valence-electron chi connectivity index (χ0n) is 8.94. The number of halogens is 1. The van der Waals surface area contributed by atoms with Gasteiger partial charge in [-0.1, -0.05) is 22.5 Å². The Morgan fingerprint density at radius 3 is 2.94 bits per heavy atom. The van der Waals surface area contributed by atoms with Crippen LogP contribution in [-0.2, 0) is 20.9 Å². The van der Waals surface area contributed by atoms with Gasteiger partial charge in [-0.05, 0) is 29.3 Å². The lowest BCUT2D eigenvalue weighted by molar-refractivity contribution is -0.171. The summed E-state index contributed by atoms with van der Waals surface area (Å²) in [6, 6.07) is 1.97. The van der Waals surface area contributed by atoms with Crippen LogP contribution in [0.3, 0.4) is 0 Å². The molecule has 0 spiro atoms. The molecule has 0 fully saturated rings. The highest BCUT2D eigenvalue weighted by Gasteiger charge is 2.14. The van der Waals surface area contributed by atoms with Crippen molar-refractivity contribution in [3.8, 4) is 0 Å². The van der Waals surface area contributed by atoms with Crippen LogP contribution in [0.5, 0.6) is 0 Å². The van der Waals surface area contributed by atoms with Crippen LogP contribution in [0.4, 0.5) is 0 Å². The molecule has 0 radical (unpaired) electrons. The van der Waals surface area contributed by atoms with Crippen molar-refractivity contribution in [2.24, 2.45) is 0 Å². The second-order valence-corrected chi connectivity index (χ2v) is 4.64. The Morgan fingerprint density at radius 2 is 2.44 bits per heavy atom. The molecule has 0 saturated carbocycles. The van der Waals surface area contributed by atoms with Gasteiger partial charge in [0.2, 0.25) is 6.29 Å². The fourth-order valence-electron chi connectivity index (χ4n) is 0.894. The first-order chi connectivity index (χ1) is 7.63. The maximum absolute atomic E-state index is 11.3. The van der Waals surface area contributed by atoms with Gasteiger partial charge < -0.3 is 9.47 Å². The van der Waals surface area contributed by atoms with E-state index in [-0.39, 0.29) is 0 Å². The van der Waals surface area contributed by atoms with Crippen molar-refractivity contribution in [1.29, 1.82) is 0 Å². The summed E-state index contributed by atoms with van der Waals surface area (Å²) in [5.74, 6) is -0.435. The van der Waals surface area contributed by atoms with Gasteiger partial charge in [0.15, 0.2) is 0 Å². The van der Waals surface area contributed by atoms with Crippen LogP contribution in [0.15, 0.2) is 29.0 Å². The zero-order valence-corrected chi connectivity index (χ0v) is 11.3. The summed E-state index contributed by atoms with van der Waals surface area (Å²) in [4.78, 5) is 11.3. The highest BCUT2D eigenvalue weighted by Crippen LogP contribution is 2.11. The fourth-order valence-corrected chi connectivity index (χ4v) is 1.87. The third-order valence-electron chi connectivity index (χ3n) is 1.73. The van der Waals surface area contributed by atoms with Crippen molar-refractivity contribution in [1.82, 2.24) is 0 Å². The number of carbonyl (C=O) groups excluding carboxylic acids is 1. The highest BCUT2D eigenvalue weighted by molar-refractivity contribution is 9.09. The third kappa shape index (κ3) is 4.47. The van der Waals surface area contributed by atoms with Gasteiger partial charge in [-0.3, -0.25) is 0 Å². The van der Waals surface area contributed by atoms with Crippen LogP contribution in [0, 0.1) is 0 Å². The lowest BCUT2D eigenvalue weighted by Crippen LogP contribution is -2.23. The Labute approximate surface area is 107 Å². The Morgan fingerprint density at radius 1 is 1.69 bits per heavy atom. The smallest absolute Gasteiger partial charge is 0.335 e. The van der Waals surface area contributed by atoms with Crippen molar-refractivity contribution in [2.75, 3.05) is 5.33 Å². The average molecular weight is 305 g/mol. The molecule has 16 heavy (non-hydrogen) atoms. The Bertz CT molecular complexity index is 348. The molecule has 0 aliphatic rings. The minimum atomic E-state index is -0.580. The molecule has 1 heterocycles. The molecule has 0 aliphatic heterocycles. The number of ether oxygens (including phenoxy) is 2. The molecule has 5 heteroatoms. The van der Waals surface area contributed by atoms with E-state index >= 15 is 0 Å². The van der Waals surface area contributed by atoms with Crippen LogP contribution in [0.25, 0.3) is 0 Å². The summed E-state index contributed by atoms with van der Waals surface area (Å²) in [5.41, 5.74) is 1.44. The summed E-state index contributed by atoms with van der Waals surface area (Å²) < 4.78 is 10.5. The van der Waals surface area contributed by atoms with Gasteiger partial charge in [0.05, 0.1) is 11.9 Å². The monoisotopic (exact) mass is 304 g/mol. The SMILES string of the molecule is C=C(C)C(=O)OC(CBr)OCc1ccsc1. The number of alkyl halides is 1. The highest BCUT2D eigenvalue weighted by atomic mass is 79.9. The maximum Gasteiger partial charge on any atom is 0.335 e. The molecule has 1 aromatic heterocycles. The van der Waals surface area contributed by atoms with E-state index in [0.29, 0.717) is 17.5 Å². The number of hydrogen-bond acceptors (Lipinski definition) is 4. The van der Waals surface area contributed by atoms with Gasteiger partial charge in [-0.15, -0.1) is 0 Å². The number of carbonyl (C=O) groups is 1. The van der Waals surface area contributed by atoms with Crippen molar-refractivity contribution in [2.45, 2.75) is 19.8 Å². The van der Waals surface area contributed by atoms with Gasteiger partial charge in [0, 0.05) is 5.57 Å². The van der Waals surface area contributed by atoms with E-state index in [1.54, 1.807) is 18.3 Å². The van der Waals surface area contributed by atoms with E-state index in [0.717, 1.165) is 5.56 Å². The number of rotatable bonds is 6. The lowest BCUT2D eigenvalue weighted by atomic mass is 10.4. The first kappa shape index (κ1) is 13.4. The van der Waals surface area contributed by atoms with E-state index in [1.165, 1.54) is 0 Å². The maximum atomic E-state index is 11.3. The average Bonchev–Trinajstić information content (AvgIpc) is 2.76. The van der Waals surface area contributed by atoms with Gasteiger partial charge in [0.25, 0.3) is 0 Å². The van der Waals surface area contributed by atoms with Gasteiger partial charge >= 0.3 is 5.97 Å². The summed E-state index contributed by atoms with van der Waals surface area (Å²) in [5, 5.41) is 4.41. The van der Waals surface area contributed by atoms with Crippen LogP contribution in [-0.4, -0.2) is 17.6 Å². The normalized spacial score (nSPS) is 12.1. The van der Waals surface area contributed by atoms with Gasteiger partial charge in [-0.2, -0.15) is 11.3 Å². The molecule has 0 saturated heterocycles. The van der Waals surface area contributed by atoms with Crippen LogP contribution in [0.1, 0.15) is 12.5 Å². The standard InChI is InChI=1S/C11H13BrO3S/c1-8(2)11(13)15-10(5-12)14-6-9-3-4-16-7-9/h3-4,7,10H,1,5-6H2,2H3. The lowest BCUT2D eigenvalue weighted by Gasteiger charge is -2.15. The molecule has 1 aromatic rings. The molecule has 0 aliphatic carbocycles. The Balaban J connectivity index is 2.37. The van der Waals surface area contributed by atoms with Crippen LogP contribution >= 0.6 is 27.3 Å². The first-order valence-corrected chi connectivity index (χ1v) is 6.75. The molecular weight excluding hydrogens is 292 g/mol. The van der Waals surface area contributed by atoms with E-state index in [9.17, 15) is 4.79 Å². The second kappa shape index (κ2) is 6.83. The summed E-state index contributed by atoms with van der Waals surface area (Å²) in [6.07, 6.45) is -0.580. The van der Waals surface area contributed by atoms with Crippen LogP contribution in [0.2, 0.25) is 0 Å². The zero-order chi connectivity index (χ0) is 12.0. The number of thiophene rings is 1. The van der Waals surface area contributed by atoms with Gasteiger partial charge in [0.1, 0.15) is 0 Å². The minimum Gasteiger partial charge on any atom is -0.431 e. The van der Waals surface area contributed by atoms with E-state index in [1.807, 2.05) is 16.8 Å². The summed E-state index contributed by atoms with van der Waals surface area (Å²) >= 11 is 4.83. The van der Waals surface area contributed by atoms with E-state index < -0.39 is 12.3 Å². The first-order valence-electron chi connectivity index (χ1n) is 4.68. The summed E-state index contributed by atoms with van der Waals surface area (Å²) in [6.45, 7) is 5.55. The molecule has 1 unspecified atom stereocenters. The van der Waals surface area contributed by atoms with Crippen molar-refractivity contribution in [3.63, 3.8) is 0 Å². The quantitative estimate of drug-likeness (QED) is 0.351. The minimum absolute atomic E-state index is 0.366. The van der Waals surface area contributed by atoms with Crippen LogP contribution < -0.4 is 0 Å². The van der Waals surface area contributed by atoms with E-state index in [4.69, 9.17) is 9.47 Å². The largest absolute Gasteiger partial charge is 0.431 e. The van der Waals surface area contributed by atoms with E-state index in [2.05, 4.69) is 22.5 Å². The number of hydrogen-bond donors (Lipinski definition) is 0. The molecule has 1 atom stereocenters. The molecular formula is C11H13BrO3S. The number of esters is 1. The predicted octanol–water partition coefficient (Wildman–Crippen LogP) is 3.11. The topological polar surface area (TPSA) is 35.5 Å². The molecule has 3 nitrogen and oxygen atoms in total. The molecule has 1 rings (SSSR count). The molecule has 0 N–H and O–H groups in total. The molecule has 0 bridgehead atoms. The van der Waals surface area contributed by atoms with Crippen molar-refractivity contribution >= 4 is 33.2 Å². The van der Waals surface area contributed by atoms with Crippen molar-refractivity contribution in [3.05, 3.63) is 34.5 Å². The third-order valence-corrected chi connectivity index (χ3v) is 2.99. The second-order valence-electron chi connectivity index (χ2n) is 3.21. The molecule has 0 aromatic carbocycles. The summed E-state index contributed by atoms with van der Waals surface area (Å²) in [7, 11) is 0. The predicted molar refractivity (Wildman–Crippen MR) is 67.6 cm³/mol.